The Kier molecular flexibility index (Phi) is 7.01. The summed E-state index contributed by atoms with van der Waals surface area (Å²) in [6.45, 7) is 4.41. The van der Waals surface area contributed by atoms with Crippen molar-refractivity contribution in [3.05, 3.63) is 64.7 Å². The van der Waals surface area contributed by atoms with Gasteiger partial charge in [-0.3, -0.25) is 14.7 Å². The molecule has 4 nitrogen and oxygen atoms in total. The van der Waals surface area contributed by atoms with Gasteiger partial charge in [0, 0.05) is 36.8 Å². The Morgan fingerprint density at radius 3 is 2.48 bits per heavy atom. The van der Waals surface area contributed by atoms with Crippen LogP contribution in [0.3, 0.4) is 0 Å². The zero-order valence-corrected chi connectivity index (χ0v) is 18.8. The van der Waals surface area contributed by atoms with Crippen LogP contribution in [0.25, 0.3) is 0 Å². The van der Waals surface area contributed by atoms with E-state index < -0.39 is 0 Å². The normalized spacial score (nSPS) is 18.8. The Hall–Kier alpha value is -2.27. The van der Waals surface area contributed by atoms with Gasteiger partial charge in [0.05, 0.1) is 11.3 Å². The lowest BCUT2D eigenvalue weighted by molar-refractivity contribution is 0.0693. The van der Waals surface area contributed by atoms with Crippen molar-refractivity contribution < 1.29 is 9.18 Å². The first-order valence-electron chi connectivity index (χ1n) is 11.7. The highest BCUT2D eigenvalue weighted by atomic mass is 19.1. The van der Waals surface area contributed by atoms with Crippen molar-refractivity contribution in [2.24, 2.45) is 0 Å². The second kappa shape index (κ2) is 9.90. The van der Waals surface area contributed by atoms with E-state index in [2.05, 4.69) is 4.90 Å². The summed E-state index contributed by atoms with van der Waals surface area (Å²) in [5.41, 5.74) is 3.43. The summed E-state index contributed by atoms with van der Waals surface area (Å²) in [7, 11) is 1.96. The number of pyridine rings is 1. The number of piperidine rings is 1. The maximum Gasteiger partial charge on any atom is 0.255 e. The van der Waals surface area contributed by atoms with E-state index in [1.807, 2.05) is 43.1 Å². The summed E-state index contributed by atoms with van der Waals surface area (Å²) in [4.78, 5) is 22.5. The SMILES string of the molecule is Cc1ccc(C(=O)N(C)C2CCCCC2)c(C2CCN(Cc3ccccc3F)CC2)n1. The molecule has 1 aliphatic heterocycles. The lowest BCUT2D eigenvalue weighted by atomic mass is 9.89. The number of carbonyl (C=O) groups is 1. The van der Waals surface area contributed by atoms with Gasteiger partial charge in [-0.05, 0) is 63.9 Å². The molecule has 1 amide bonds. The quantitative estimate of drug-likeness (QED) is 0.654. The average Bonchev–Trinajstić information content (AvgIpc) is 2.81. The Bertz CT molecular complexity index is 901. The van der Waals surface area contributed by atoms with E-state index in [9.17, 15) is 9.18 Å². The number of nitrogens with zero attached hydrogens (tertiary/aromatic N) is 3. The molecule has 0 radical (unpaired) electrons. The second-order valence-electron chi connectivity index (χ2n) is 9.24. The summed E-state index contributed by atoms with van der Waals surface area (Å²) in [6, 6.07) is 11.3. The monoisotopic (exact) mass is 423 g/mol. The minimum Gasteiger partial charge on any atom is -0.339 e. The lowest BCUT2D eigenvalue weighted by Gasteiger charge is -2.34. The van der Waals surface area contributed by atoms with Crippen LogP contribution in [0.5, 0.6) is 0 Å². The topological polar surface area (TPSA) is 36.4 Å². The van der Waals surface area contributed by atoms with Crippen molar-refractivity contribution in [1.29, 1.82) is 0 Å². The number of benzene rings is 1. The third kappa shape index (κ3) is 5.15. The van der Waals surface area contributed by atoms with Crippen LogP contribution >= 0.6 is 0 Å². The molecule has 2 aromatic rings. The molecule has 31 heavy (non-hydrogen) atoms. The van der Waals surface area contributed by atoms with Crippen LogP contribution in [0.1, 0.15) is 78.2 Å². The molecule has 0 atom stereocenters. The number of likely N-dealkylation sites (tertiary alicyclic amines) is 1. The van der Waals surface area contributed by atoms with E-state index in [4.69, 9.17) is 4.98 Å². The molecule has 0 spiro atoms. The van der Waals surface area contributed by atoms with Crippen molar-refractivity contribution in [3.8, 4) is 0 Å². The van der Waals surface area contributed by atoms with Crippen LogP contribution in [0.4, 0.5) is 4.39 Å². The molecule has 0 bridgehead atoms. The van der Waals surface area contributed by atoms with Gasteiger partial charge >= 0.3 is 0 Å². The molecular formula is C26H34FN3O. The molecule has 2 aliphatic rings. The highest BCUT2D eigenvalue weighted by Gasteiger charge is 2.29. The summed E-state index contributed by atoms with van der Waals surface area (Å²) < 4.78 is 14.0. The first-order valence-corrected chi connectivity index (χ1v) is 11.7. The molecule has 5 heteroatoms. The Balaban J connectivity index is 1.45. The van der Waals surface area contributed by atoms with Gasteiger partial charge in [-0.2, -0.15) is 0 Å². The predicted octanol–water partition coefficient (Wildman–Crippen LogP) is 5.31. The molecule has 2 fully saturated rings. The number of carbonyl (C=O) groups excluding carboxylic acids is 1. The fraction of sp³-hybridized carbons (Fsp3) is 0.538. The average molecular weight is 424 g/mol. The number of halogens is 1. The molecule has 1 saturated heterocycles. The van der Waals surface area contributed by atoms with Gasteiger partial charge in [0.25, 0.3) is 5.91 Å². The van der Waals surface area contributed by atoms with Crippen LogP contribution in [0, 0.1) is 12.7 Å². The minimum absolute atomic E-state index is 0.114. The number of aryl methyl sites for hydroxylation is 1. The van der Waals surface area contributed by atoms with Gasteiger partial charge in [-0.1, -0.05) is 37.5 Å². The largest absolute Gasteiger partial charge is 0.339 e. The van der Waals surface area contributed by atoms with Gasteiger partial charge in [0.2, 0.25) is 0 Å². The first-order chi connectivity index (χ1) is 15.0. The molecule has 1 saturated carbocycles. The molecule has 1 aromatic carbocycles. The maximum absolute atomic E-state index is 14.0. The lowest BCUT2D eigenvalue weighted by Crippen LogP contribution is -2.39. The molecule has 1 aromatic heterocycles. The van der Waals surface area contributed by atoms with Gasteiger partial charge < -0.3 is 4.90 Å². The zero-order valence-electron chi connectivity index (χ0n) is 18.8. The minimum atomic E-state index is -0.136. The molecule has 2 heterocycles. The van der Waals surface area contributed by atoms with Crippen molar-refractivity contribution in [1.82, 2.24) is 14.8 Å². The van der Waals surface area contributed by atoms with Crippen molar-refractivity contribution in [2.75, 3.05) is 20.1 Å². The highest BCUT2D eigenvalue weighted by Crippen LogP contribution is 2.32. The van der Waals surface area contributed by atoms with Gasteiger partial charge in [-0.25, -0.2) is 4.39 Å². The van der Waals surface area contributed by atoms with E-state index in [-0.39, 0.29) is 17.6 Å². The van der Waals surface area contributed by atoms with Crippen LogP contribution in [0.15, 0.2) is 36.4 Å². The van der Waals surface area contributed by atoms with E-state index in [0.717, 1.165) is 61.3 Å². The van der Waals surface area contributed by atoms with E-state index in [1.165, 1.54) is 25.3 Å². The number of aromatic nitrogens is 1. The van der Waals surface area contributed by atoms with Crippen LogP contribution in [-0.2, 0) is 6.54 Å². The maximum atomic E-state index is 14.0. The number of amides is 1. The Morgan fingerprint density at radius 1 is 1.06 bits per heavy atom. The number of hydrogen-bond acceptors (Lipinski definition) is 3. The summed E-state index contributed by atoms with van der Waals surface area (Å²) in [5, 5.41) is 0. The summed E-state index contributed by atoms with van der Waals surface area (Å²) >= 11 is 0. The zero-order chi connectivity index (χ0) is 21.8. The molecule has 0 unspecified atom stereocenters. The third-order valence-corrected chi connectivity index (χ3v) is 7.06. The Morgan fingerprint density at radius 2 is 1.77 bits per heavy atom. The van der Waals surface area contributed by atoms with E-state index in [0.29, 0.717) is 12.6 Å². The van der Waals surface area contributed by atoms with Crippen molar-refractivity contribution in [3.63, 3.8) is 0 Å². The molecule has 4 rings (SSSR count). The van der Waals surface area contributed by atoms with E-state index >= 15 is 0 Å². The molecule has 166 valence electrons. The Labute approximate surface area is 185 Å². The van der Waals surface area contributed by atoms with Crippen molar-refractivity contribution >= 4 is 5.91 Å². The van der Waals surface area contributed by atoms with Gasteiger partial charge in [0.1, 0.15) is 5.82 Å². The number of rotatable bonds is 5. The smallest absolute Gasteiger partial charge is 0.255 e. The third-order valence-electron chi connectivity index (χ3n) is 7.06. The van der Waals surface area contributed by atoms with Crippen LogP contribution in [-0.4, -0.2) is 46.9 Å². The van der Waals surface area contributed by atoms with Crippen LogP contribution < -0.4 is 0 Å². The van der Waals surface area contributed by atoms with Crippen molar-refractivity contribution in [2.45, 2.75) is 70.4 Å². The molecule has 1 aliphatic carbocycles. The predicted molar refractivity (Wildman–Crippen MR) is 122 cm³/mol. The fourth-order valence-electron chi connectivity index (χ4n) is 5.13. The molecular weight excluding hydrogens is 389 g/mol. The van der Waals surface area contributed by atoms with E-state index in [1.54, 1.807) is 6.07 Å². The standard InChI is InChI=1S/C26H34FN3O/c1-19-12-13-23(26(31)29(2)22-9-4-3-5-10-22)25(28-19)20-14-16-30(17-15-20)18-21-8-6-7-11-24(21)27/h6-8,11-13,20,22H,3-5,9-10,14-18H2,1-2H3. The van der Waals surface area contributed by atoms with Gasteiger partial charge in [-0.15, -0.1) is 0 Å². The van der Waals surface area contributed by atoms with Crippen LogP contribution in [0.2, 0.25) is 0 Å². The summed E-state index contributed by atoms with van der Waals surface area (Å²) in [5.74, 6) is 0.252. The fourth-order valence-corrected chi connectivity index (χ4v) is 5.13. The number of hydrogen-bond donors (Lipinski definition) is 0. The highest BCUT2D eigenvalue weighted by molar-refractivity contribution is 5.95. The first kappa shape index (κ1) is 21.9. The van der Waals surface area contributed by atoms with Gasteiger partial charge in [0.15, 0.2) is 0 Å². The second-order valence-corrected chi connectivity index (χ2v) is 9.24. The molecule has 0 N–H and O–H groups in total. The summed E-state index contributed by atoms with van der Waals surface area (Å²) in [6.07, 6.45) is 7.79.